The van der Waals surface area contributed by atoms with Crippen LogP contribution in [-0.4, -0.2) is 11.6 Å². The van der Waals surface area contributed by atoms with Crippen LogP contribution in [0.3, 0.4) is 0 Å². The zero-order chi connectivity index (χ0) is 19.4. The van der Waals surface area contributed by atoms with E-state index in [1.54, 1.807) is 0 Å². The van der Waals surface area contributed by atoms with Gasteiger partial charge in [0.2, 0.25) is 11.6 Å². The van der Waals surface area contributed by atoms with E-state index in [-0.39, 0.29) is 0 Å². The molecule has 0 saturated heterocycles. The van der Waals surface area contributed by atoms with Gasteiger partial charge in [0.25, 0.3) is 0 Å². The summed E-state index contributed by atoms with van der Waals surface area (Å²) in [5.74, 6) is 0.0592. The highest BCUT2D eigenvalue weighted by Crippen LogP contribution is 2.40. The second-order valence-corrected chi connectivity index (χ2v) is 8.70. The number of hydrogen-bond acceptors (Lipinski definition) is 4. The van der Waals surface area contributed by atoms with Gasteiger partial charge in [-0.05, 0) is 41.8 Å². The zero-order valence-corrected chi connectivity index (χ0v) is 17.3. The van der Waals surface area contributed by atoms with Crippen LogP contribution in [0.15, 0.2) is 24.3 Å². The van der Waals surface area contributed by atoms with Gasteiger partial charge in [0.05, 0.1) is 23.3 Å². The van der Waals surface area contributed by atoms with Crippen LogP contribution in [0.25, 0.3) is 0 Å². The highest BCUT2D eigenvalue weighted by atomic mass is 35.5. The lowest BCUT2D eigenvalue weighted by Gasteiger charge is -2.33. The minimum absolute atomic E-state index is 0.470. The molecule has 2 heterocycles. The summed E-state index contributed by atoms with van der Waals surface area (Å²) in [5, 5.41) is 1.19. The Morgan fingerprint density at radius 1 is 0.741 bits per heavy atom. The molecule has 0 unspecified atom stereocenters. The molecule has 0 N–H and O–H groups in total. The lowest BCUT2D eigenvalue weighted by Crippen LogP contribution is -2.35. The van der Waals surface area contributed by atoms with E-state index < -0.39 is 11.6 Å². The number of hydrogen-bond donors (Lipinski definition) is 0. The minimum Gasteiger partial charge on any atom is -0.461 e. The molecule has 2 aromatic carbocycles. The molecule has 0 saturated carbocycles. The second-order valence-electron chi connectivity index (χ2n) is 7.89. The molecular formula is C21H22Cl2O4. The van der Waals surface area contributed by atoms with Crippen LogP contribution < -0.4 is 9.47 Å². The smallest absolute Gasteiger partial charge is 0.205 e. The van der Waals surface area contributed by atoms with Gasteiger partial charge in [-0.25, -0.2) is 0 Å². The van der Waals surface area contributed by atoms with Gasteiger partial charge in [0, 0.05) is 38.8 Å². The van der Waals surface area contributed by atoms with Crippen LogP contribution in [0.2, 0.25) is 10.0 Å². The summed E-state index contributed by atoms with van der Waals surface area (Å²) in [7, 11) is 0. The van der Waals surface area contributed by atoms with Crippen LogP contribution >= 0.6 is 23.2 Å². The second kappa shape index (κ2) is 6.56. The molecule has 0 amide bonds. The number of benzene rings is 2. The third-order valence-electron chi connectivity index (χ3n) is 4.62. The number of ether oxygens (including phenoxy) is 4. The van der Waals surface area contributed by atoms with Crippen LogP contribution in [0.1, 0.15) is 49.9 Å². The molecule has 144 valence electrons. The predicted octanol–water partition coefficient (Wildman–Crippen LogP) is 5.87. The Labute approximate surface area is 169 Å². The van der Waals surface area contributed by atoms with Gasteiger partial charge in [0.1, 0.15) is 11.5 Å². The maximum absolute atomic E-state index is 6.47. The Morgan fingerprint density at radius 3 is 1.56 bits per heavy atom. The number of fused-ring (bicyclic) bond motifs is 2. The normalized spacial score (nSPS) is 19.5. The van der Waals surface area contributed by atoms with Gasteiger partial charge in [-0.2, -0.15) is 0 Å². The maximum Gasteiger partial charge on any atom is 0.205 e. The number of rotatable bonds is 2. The van der Waals surface area contributed by atoms with E-state index >= 15 is 0 Å². The highest BCUT2D eigenvalue weighted by molar-refractivity contribution is 6.32. The average molecular weight is 409 g/mol. The fourth-order valence-electron chi connectivity index (χ4n) is 3.36. The Kier molecular flexibility index (Phi) is 4.59. The molecule has 6 heteroatoms. The third-order valence-corrected chi connectivity index (χ3v) is 5.18. The third kappa shape index (κ3) is 3.90. The van der Waals surface area contributed by atoms with E-state index in [1.165, 1.54) is 0 Å². The largest absolute Gasteiger partial charge is 0.461 e. The summed E-state index contributed by atoms with van der Waals surface area (Å²) in [5.41, 5.74) is 4.04. The Hall–Kier alpha value is -1.46. The van der Waals surface area contributed by atoms with Gasteiger partial charge in [-0.15, -0.1) is 0 Å². The lowest BCUT2D eigenvalue weighted by atomic mass is 9.99. The molecule has 0 spiro atoms. The fourth-order valence-corrected chi connectivity index (χ4v) is 3.96. The molecule has 0 fully saturated rings. The molecule has 4 nitrogen and oxygen atoms in total. The van der Waals surface area contributed by atoms with Gasteiger partial charge < -0.3 is 18.9 Å². The summed E-state index contributed by atoms with van der Waals surface area (Å²) >= 11 is 12.9. The summed E-state index contributed by atoms with van der Waals surface area (Å²) in [6.45, 7) is 8.44. The van der Waals surface area contributed by atoms with Crippen molar-refractivity contribution in [3.63, 3.8) is 0 Å². The zero-order valence-electron chi connectivity index (χ0n) is 15.8. The van der Waals surface area contributed by atoms with Crippen LogP contribution in [-0.2, 0) is 29.1 Å². The number of halogens is 2. The quantitative estimate of drug-likeness (QED) is 0.621. The molecule has 4 rings (SSSR count). The standard InChI is InChI=1S/C21H22Cl2O4/c1-20(2)24-10-14-6-12(8-16(22)18(14)26-20)5-13-7-15-11-25-21(3,4)27-19(15)17(23)9-13/h6-9H,5,10-11H2,1-4H3. The van der Waals surface area contributed by atoms with Crippen molar-refractivity contribution in [3.05, 3.63) is 56.6 Å². The van der Waals surface area contributed by atoms with Crippen LogP contribution in [0, 0.1) is 0 Å². The van der Waals surface area contributed by atoms with Gasteiger partial charge in [-0.1, -0.05) is 23.2 Å². The molecule has 2 aliphatic rings. The van der Waals surface area contributed by atoms with E-state index in [0.717, 1.165) is 22.3 Å². The Balaban J connectivity index is 1.62. The Morgan fingerprint density at radius 2 is 1.15 bits per heavy atom. The summed E-state index contributed by atoms with van der Waals surface area (Å²) in [6, 6.07) is 8.01. The molecule has 0 atom stereocenters. The summed E-state index contributed by atoms with van der Waals surface area (Å²) in [6.07, 6.45) is 0.687. The molecule has 0 radical (unpaired) electrons. The Bertz CT molecular complexity index is 832. The average Bonchev–Trinajstić information content (AvgIpc) is 2.56. The molecule has 0 bridgehead atoms. The summed E-state index contributed by atoms with van der Waals surface area (Å²) in [4.78, 5) is 0. The van der Waals surface area contributed by atoms with Crippen molar-refractivity contribution < 1.29 is 18.9 Å². The van der Waals surface area contributed by atoms with E-state index in [9.17, 15) is 0 Å². The molecule has 2 aromatic rings. The molecule has 27 heavy (non-hydrogen) atoms. The first kappa shape index (κ1) is 18.9. The van der Waals surface area contributed by atoms with E-state index in [2.05, 4.69) is 12.1 Å². The van der Waals surface area contributed by atoms with Crippen LogP contribution in [0.4, 0.5) is 0 Å². The van der Waals surface area contributed by atoms with Gasteiger partial charge in [0.15, 0.2) is 0 Å². The minimum atomic E-state index is -0.669. The predicted molar refractivity (Wildman–Crippen MR) is 105 cm³/mol. The van der Waals surface area contributed by atoms with Crippen molar-refractivity contribution in [2.45, 2.75) is 58.9 Å². The monoisotopic (exact) mass is 408 g/mol. The van der Waals surface area contributed by atoms with Crippen molar-refractivity contribution >= 4 is 23.2 Å². The van der Waals surface area contributed by atoms with Crippen LogP contribution in [0.5, 0.6) is 11.5 Å². The summed E-state index contributed by atoms with van der Waals surface area (Å²) < 4.78 is 23.2. The van der Waals surface area contributed by atoms with Crippen molar-refractivity contribution in [2.75, 3.05) is 0 Å². The highest BCUT2D eigenvalue weighted by Gasteiger charge is 2.30. The maximum atomic E-state index is 6.47. The molecular weight excluding hydrogens is 387 g/mol. The van der Waals surface area contributed by atoms with Crippen molar-refractivity contribution in [1.29, 1.82) is 0 Å². The molecule has 0 aromatic heterocycles. The van der Waals surface area contributed by atoms with Crippen molar-refractivity contribution in [3.8, 4) is 11.5 Å². The topological polar surface area (TPSA) is 36.9 Å². The lowest BCUT2D eigenvalue weighted by molar-refractivity contribution is -0.180. The molecule has 2 aliphatic heterocycles. The van der Waals surface area contributed by atoms with Gasteiger partial charge in [-0.3, -0.25) is 0 Å². The fraction of sp³-hybridized carbons (Fsp3) is 0.429. The SMILES string of the molecule is CC1(C)OCc2cc(Cc3cc(Cl)c4c(c3)COC(C)(C)O4)cc(Cl)c2O1. The van der Waals surface area contributed by atoms with E-state index in [0.29, 0.717) is 41.2 Å². The first-order valence-corrected chi connectivity index (χ1v) is 9.66. The first-order valence-electron chi connectivity index (χ1n) is 8.90. The van der Waals surface area contributed by atoms with E-state index in [1.807, 2.05) is 39.8 Å². The molecule has 0 aliphatic carbocycles. The van der Waals surface area contributed by atoms with Gasteiger partial charge >= 0.3 is 0 Å². The van der Waals surface area contributed by atoms with E-state index in [4.69, 9.17) is 42.1 Å². The van der Waals surface area contributed by atoms with Crippen molar-refractivity contribution in [1.82, 2.24) is 0 Å². The first-order chi connectivity index (χ1) is 12.6. The van der Waals surface area contributed by atoms with Crippen molar-refractivity contribution in [2.24, 2.45) is 0 Å².